The van der Waals surface area contributed by atoms with Gasteiger partial charge < -0.3 is 20.5 Å². The van der Waals surface area contributed by atoms with E-state index in [4.69, 9.17) is 10.5 Å². The van der Waals surface area contributed by atoms with Crippen LogP contribution in [-0.4, -0.2) is 37.8 Å². The van der Waals surface area contributed by atoms with Crippen molar-refractivity contribution in [2.24, 2.45) is 5.73 Å². The maximum absolute atomic E-state index is 9.58. The van der Waals surface area contributed by atoms with E-state index in [-0.39, 0.29) is 6.54 Å². The highest BCUT2D eigenvalue weighted by molar-refractivity contribution is 7.16. The number of thiazole rings is 1. The molecule has 0 spiro atoms. The van der Waals surface area contributed by atoms with Gasteiger partial charge in [-0.2, -0.15) is 4.98 Å². The Morgan fingerprint density at radius 2 is 2.29 bits per heavy atom. The lowest BCUT2D eigenvalue weighted by Gasteiger charge is -2.06. The predicted octanol–water partition coefficient (Wildman–Crippen LogP) is 0.210. The number of nitrogens with two attached hydrogens (primary N) is 1. The van der Waals surface area contributed by atoms with Crippen molar-refractivity contribution in [3.63, 3.8) is 0 Å². The van der Waals surface area contributed by atoms with Crippen LogP contribution in [0.15, 0.2) is 0 Å². The Bertz CT molecular complexity index is 301. The molecule has 1 heterocycles. The van der Waals surface area contributed by atoms with E-state index in [0.717, 1.165) is 5.13 Å². The van der Waals surface area contributed by atoms with Gasteiger partial charge >= 0.3 is 0 Å². The third-order valence-corrected chi connectivity index (χ3v) is 3.02. The molecule has 3 N–H and O–H groups in total. The summed E-state index contributed by atoms with van der Waals surface area (Å²) in [6, 6.07) is 0. The molecular formula is C8H15N3O2S. The monoisotopic (exact) mass is 217 g/mol. The van der Waals surface area contributed by atoms with Gasteiger partial charge in [0.15, 0.2) is 5.13 Å². The minimum Gasteiger partial charge on any atom is -0.480 e. The van der Waals surface area contributed by atoms with Gasteiger partial charge in [-0.3, -0.25) is 0 Å². The summed E-state index contributed by atoms with van der Waals surface area (Å²) in [5, 5.41) is 10.4. The Kier molecular flexibility index (Phi) is 3.68. The second-order valence-corrected chi connectivity index (χ2v) is 4.02. The SMILES string of the molecule is COc1nc(N(C)C)sc1C(O)CN. The lowest BCUT2D eigenvalue weighted by atomic mass is 10.3. The van der Waals surface area contributed by atoms with Crippen LogP contribution in [0, 0.1) is 0 Å². The Hall–Kier alpha value is -0.850. The maximum atomic E-state index is 9.58. The summed E-state index contributed by atoms with van der Waals surface area (Å²) < 4.78 is 5.06. The van der Waals surface area contributed by atoms with Crippen molar-refractivity contribution in [3.05, 3.63) is 4.88 Å². The van der Waals surface area contributed by atoms with Crippen molar-refractivity contribution in [1.82, 2.24) is 4.98 Å². The van der Waals surface area contributed by atoms with Crippen LogP contribution in [0.4, 0.5) is 5.13 Å². The molecular weight excluding hydrogens is 202 g/mol. The minimum absolute atomic E-state index is 0.172. The number of aromatic nitrogens is 1. The van der Waals surface area contributed by atoms with Gasteiger partial charge in [0, 0.05) is 20.6 Å². The first-order valence-corrected chi connectivity index (χ1v) is 5.02. The van der Waals surface area contributed by atoms with E-state index in [1.807, 2.05) is 19.0 Å². The summed E-state index contributed by atoms with van der Waals surface area (Å²) >= 11 is 1.38. The zero-order chi connectivity index (χ0) is 10.7. The quantitative estimate of drug-likeness (QED) is 0.754. The molecule has 1 unspecified atom stereocenters. The Labute approximate surface area is 87.1 Å². The van der Waals surface area contributed by atoms with Gasteiger partial charge in [0.25, 0.3) is 0 Å². The topological polar surface area (TPSA) is 71.6 Å². The largest absolute Gasteiger partial charge is 0.480 e. The minimum atomic E-state index is -0.698. The van der Waals surface area contributed by atoms with E-state index >= 15 is 0 Å². The molecule has 0 saturated carbocycles. The van der Waals surface area contributed by atoms with Crippen LogP contribution in [0.2, 0.25) is 0 Å². The second-order valence-electron chi connectivity index (χ2n) is 3.02. The highest BCUT2D eigenvalue weighted by Crippen LogP contribution is 2.34. The van der Waals surface area contributed by atoms with Gasteiger partial charge in [0.1, 0.15) is 6.10 Å². The standard InChI is InChI=1S/C8H15N3O2S/c1-11(2)8-10-7(13-3)6(14-8)5(12)4-9/h5,12H,4,9H2,1-3H3. The fourth-order valence-electron chi connectivity index (χ4n) is 0.962. The van der Waals surface area contributed by atoms with Gasteiger partial charge in [0.05, 0.1) is 12.0 Å². The van der Waals surface area contributed by atoms with E-state index in [2.05, 4.69) is 4.98 Å². The van der Waals surface area contributed by atoms with E-state index in [1.165, 1.54) is 18.4 Å². The fourth-order valence-corrected chi connectivity index (χ4v) is 1.92. The van der Waals surface area contributed by atoms with Crippen LogP contribution in [0.1, 0.15) is 11.0 Å². The molecule has 80 valence electrons. The predicted molar refractivity (Wildman–Crippen MR) is 57.0 cm³/mol. The summed E-state index contributed by atoms with van der Waals surface area (Å²) in [6.07, 6.45) is -0.698. The Morgan fingerprint density at radius 1 is 1.64 bits per heavy atom. The van der Waals surface area contributed by atoms with Crippen LogP contribution >= 0.6 is 11.3 Å². The number of aliphatic hydroxyl groups is 1. The molecule has 14 heavy (non-hydrogen) atoms. The third-order valence-electron chi connectivity index (χ3n) is 1.71. The van der Waals surface area contributed by atoms with Crippen molar-refractivity contribution in [1.29, 1.82) is 0 Å². The van der Waals surface area contributed by atoms with Crippen LogP contribution in [0.3, 0.4) is 0 Å². The third kappa shape index (κ3) is 2.14. The van der Waals surface area contributed by atoms with Crippen LogP contribution < -0.4 is 15.4 Å². The number of methoxy groups -OCH3 is 1. The lowest BCUT2D eigenvalue weighted by molar-refractivity contribution is 0.185. The first-order valence-electron chi connectivity index (χ1n) is 4.20. The molecule has 6 heteroatoms. The van der Waals surface area contributed by atoms with Crippen molar-refractivity contribution >= 4 is 16.5 Å². The zero-order valence-electron chi connectivity index (χ0n) is 8.52. The van der Waals surface area contributed by atoms with Gasteiger partial charge in [-0.15, -0.1) is 0 Å². The molecule has 0 radical (unpaired) electrons. The number of hydrogen-bond donors (Lipinski definition) is 2. The Morgan fingerprint density at radius 3 is 2.71 bits per heavy atom. The normalized spacial score (nSPS) is 12.6. The first kappa shape index (κ1) is 11.2. The van der Waals surface area contributed by atoms with E-state index in [9.17, 15) is 5.11 Å². The first-order chi connectivity index (χ1) is 6.60. The number of aliphatic hydroxyl groups excluding tert-OH is 1. The molecule has 0 aromatic carbocycles. The molecule has 0 fully saturated rings. The van der Waals surface area contributed by atoms with Crippen molar-refractivity contribution < 1.29 is 9.84 Å². The Balaban J connectivity index is 3.02. The van der Waals surface area contributed by atoms with Crippen LogP contribution in [0.5, 0.6) is 5.88 Å². The molecule has 0 saturated heterocycles. The summed E-state index contributed by atoms with van der Waals surface area (Å²) in [6.45, 7) is 0.172. The highest BCUT2D eigenvalue weighted by Gasteiger charge is 2.18. The van der Waals surface area contributed by atoms with Gasteiger partial charge in [-0.25, -0.2) is 0 Å². The molecule has 1 aromatic heterocycles. The van der Waals surface area contributed by atoms with E-state index < -0.39 is 6.10 Å². The average molecular weight is 217 g/mol. The van der Waals surface area contributed by atoms with Gasteiger partial charge in [0.2, 0.25) is 5.88 Å². The number of ether oxygens (including phenoxy) is 1. The average Bonchev–Trinajstić information content (AvgIpc) is 2.60. The number of anilines is 1. The molecule has 1 rings (SSSR count). The summed E-state index contributed by atoms with van der Waals surface area (Å²) in [7, 11) is 5.30. The van der Waals surface area contributed by atoms with Gasteiger partial charge in [-0.1, -0.05) is 11.3 Å². The maximum Gasteiger partial charge on any atom is 0.232 e. The summed E-state index contributed by atoms with van der Waals surface area (Å²) in [5.74, 6) is 0.455. The zero-order valence-corrected chi connectivity index (χ0v) is 9.34. The highest BCUT2D eigenvalue weighted by atomic mass is 32.1. The molecule has 0 aliphatic heterocycles. The molecule has 0 aliphatic rings. The number of rotatable bonds is 4. The lowest BCUT2D eigenvalue weighted by Crippen LogP contribution is -2.11. The number of hydrogen-bond acceptors (Lipinski definition) is 6. The van der Waals surface area contributed by atoms with Crippen LogP contribution in [-0.2, 0) is 0 Å². The second kappa shape index (κ2) is 4.59. The van der Waals surface area contributed by atoms with E-state index in [0.29, 0.717) is 10.8 Å². The molecule has 5 nitrogen and oxygen atoms in total. The van der Waals surface area contributed by atoms with E-state index in [1.54, 1.807) is 0 Å². The molecule has 1 aromatic rings. The van der Waals surface area contributed by atoms with Crippen molar-refractivity contribution in [2.75, 3.05) is 32.6 Å². The smallest absolute Gasteiger partial charge is 0.232 e. The van der Waals surface area contributed by atoms with Gasteiger partial charge in [-0.05, 0) is 0 Å². The number of nitrogens with zero attached hydrogens (tertiary/aromatic N) is 2. The fraction of sp³-hybridized carbons (Fsp3) is 0.625. The molecule has 0 aliphatic carbocycles. The van der Waals surface area contributed by atoms with Crippen LogP contribution in [0.25, 0.3) is 0 Å². The van der Waals surface area contributed by atoms with Crippen molar-refractivity contribution in [3.8, 4) is 5.88 Å². The molecule has 0 bridgehead atoms. The summed E-state index contributed by atoms with van der Waals surface area (Å²) in [4.78, 5) is 6.74. The summed E-state index contributed by atoms with van der Waals surface area (Å²) in [5.41, 5.74) is 5.37. The molecule has 0 amide bonds. The molecule has 1 atom stereocenters. The van der Waals surface area contributed by atoms with Crippen molar-refractivity contribution in [2.45, 2.75) is 6.10 Å².